The Bertz CT molecular complexity index is 2460. The van der Waals surface area contributed by atoms with Crippen molar-refractivity contribution < 1.29 is 4.74 Å². The fourth-order valence-corrected chi connectivity index (χ4v) is 7.21. The predicted molar refractivity (Wildman–Crippen MR) is 167 cm³/mol. The van der Waals surface area contributed by atoms with E-state index in [1.807, 2.05) is 53.7 Å². The highest BCUT2D eigenvalue weighted by Crippen LogP contribution is 2.52. The van der Waals surface area contributed by atoms with Crippen LogP contribution >= 0.6 is 0 Å². The first-order valence-corrected chi connectivity index (χ1v) is 13.9. The van der Waals surface area contributed by atoms with E-state index in [0.29, 0.717) is 16.5 Å². The summed E-state index contributed by atoms with van der Waals surface area (Å²) in [4.78, 5) is 28.9. The van der Waals surface area contributed by atoms with Gasteiger partial charge in [0, 0.05) is 16.2 Å². The van der Waals surface area contributed by atoms with Gasteiger partial charge in [-0.3, -0.25) is 9.59 Å². The van der Waals surface area contributed by atoms with Gasteiger partial charge in [-0.15, -0.1) is 0 Å². The predicted octanol–water partition coefficient (Wildman–Crippen LogP) is 8.28. The monoisotopic (exact) mass is 523 g/mol. The third-order valence-corrected chi connectivity index (χ3v) is 8.87. The van der Waals surface area contributed by atoms with Crippen LogP contribution in [0.3, 0.4) is 0 Å². The molecule has 4 heteroatoms. The molecule has 0 radical (unpaired) electrons. The Hall–Kier alpha value is -4.44. The van der Waals surface area contributed by atoms with E-state index >= 15 is 0 Å². The number of benzene rings is 6. The summed E-state index contributed by atoms with van der Waals surface area (Å²) in [6.45, 7) is 14.2. The Kier molecular flexibility index (Phi) is 4.22. The molecule has 0 spiro atoms. The molecule has 8 aromatic rings. The number of nitrogens with zero attached hydrogens (tertiary/aromatic N) is 1. The molecule has 0 atom stereocenters. The molecule has 0 aliphatic carbocycles. The maximum Gasteiger partial charge on any atom is 0.266 e. The molecule has 0 unspecified atom stereocenters. The number of hydrogen-bond acceptors (Lipinski definition) is 3. The fourth-order valence-electron chi connectivity index (χ4n) is 7.21. The molecule has 8 rings (SSSR count). The lowest BCUT2D eigenvalue weighted by atomic mass is 9.93. The van der Waals surface area contributed by atoms with Crippen LogP contribution in [0.4, 0.5) is 0 Å². The lowest BCUT2D eigenvalue weighted by molar-refractivity contribution is 0.133. The van der Waals surface area contributed by atoms with E-state index in [1.54, 1.807) is 0 Å². The zero-order valence-electron chi connectivity index (χ0n) is 23.8. The van der Waals surface area contributed by atoms with E-state index in [9.17, 15) is 9.59 Å². The second-order valence-electron chi connectivity index (χ2n) is 12.6. The van der Waals surface area contributed by atoms with Gasteiger partial charge in [-0.2, -0.15) is 0 Å². The van der Waals surface area contributed by atoms with Crippen LogP contribution in [0.25, 0.3) is 70.3 Å². The van der Waals surface area contributed by atoms with Gasteiger partial charge in [0.05, 0.1) is 16.5 Å². The summed E-state index contributed by atoms with van der Waals surface area (Å²) in [7, 11) is 0. The first kappa shape index (κ1) is 23.4. The van der Waals surface area contributed by atoms with Crippen molar-refractivity contribution in [3.05, 3.63) is 91.5 Å². The highest BCUT2D eigenvalue weighted by molar-refractivity contribution is 6.48. The van der Waals surface area contributed by atoms with Gasteiger partial charge in [0.25, 0.3) is 11.1 Å². The molecule has 1 aromatic heterocycles. The molecule has 0 amide bonds. The van der Waals surface area contributed by atoms with E-state index in [1.165, 1.54) is 20.7 Å². The Morgan fingerprint density at radius 2 is 1.18 bits per heavy atom. The molecule has 0 aliphatic heterocycles. The smallest absolute Gasteiger partial charge is 0.266 e. The fraction of sp³-hybridized carbons (Fsp3) is 0.222. The average molecular weight is 524 g/mol. The molecule has 0 fully saturated rings. The number of hydrogen-bond donors (Lipinski definition) is 0. The minimum Gasteiger partial charge on any atom is -0.487 e. The summed E-state index contributed by atoms with van der Waals surface area (Å²) in [5.74, 6) is 0.737. The van der Waals surface area contributed by atoms with Gasteiger partial charge < -0.3 is 4.74 Å². The van der Waals surface area contributed by atoms with E-state index in [2.05, 4.69) is 43.3 Å². The largest absolute Gasteiger partial charge is 0.487 e. The third kappa shape index (κ3) is 2.71. The molecule has 0 saturated carbocycles. The van der Waals surface area contributed by atoms with Gasteiger partial charge in [0.2, 0.25) is 0 Å². The van der Waals surface area contributed by atoms with Gasteiger partial charge >= 0.3 is 0 Å². The summed E-state index contributed by atoms with van der Waals surface area (Å²) in [5.41, 5.74) is 3.82. The number of aromatic nitrogens is 1. The molecular weight excluding hydrogens is 494 g/mol. The number of fused-ring (bicyclic) bond motifs is 3. The summed E-state index contributed by atoms with van der Waals surface area (Å²) in [6.07, 6.45) is 0. The lowest BCUT2D eigenvalue weighted by Gasteiger charge is -2.23. The second-order valence-corrected chi connectivity index (χ2v) is 12.6. The minimum absolute atomic E-state index is 0.254. The van der Waals surface area contributed by atoms with Crippen LogP contribution in [0.5, 0.6) is 5.75 Å². The maximum absolute atomic E-state index is 14.5. The molecule has 40 heavy (non-hydrogen) atoms. The van der Waals surface area contributed by atoms with Crippen LogP contribution < -0.4 is 15.9 Å². The van der Waals surface area contributed by atoms with E-state index < -0.39 is 5.60 Å². The van der Waals surface area contributed by atoms with Gasteiger partial charge in [-0.1, -0.05) is 24.3 Å². The second kappa shape index (κ2) is 7.19. The standard InChI is InChI=1S/C36H29NO3/c1-16-12-17(2)19(4)25(13-16)37-34(38)32-23-14-18(3)21-10-8-20-9-11-22-26(40-36(5,6)7)15-24(33(32)35(37)39)31-29(22)27(20)28(21)30(23)31/h8-15H,1-7H3. The molecule has 1 heterocycles. The molecule has 0 bridgehead atoms. The first-order chi connectivity index (χ1) is 19.0. The zero-order valence-corrected chi connectivity index (χ0v) is 23.8. The summed E-state index contributed by atoms with van der Waals surface area (Å²) >= 11 is 0. The topological polar surface area (TPSA) is 48.3 Å². The van der Waals surface area contributed by atoms with Crippen molar-refractivity contribution in [1.82, 2.24) is 4.57 Å². The van der Waals surface area contributed by atoms with Crippen LogP contribution in [0, 0.1) is 27.7 Å². The van der Waals surface area contributed by atoms with Gasteiger partial charge in [0.1, 0.15) is 11.4 Å². The Morgan fingerprint density at radius 3 is 1.82 bits per heavy atom. The van der Waals surface area contributed by atoms with Gasteiger partial charge in [-0.25, -0.2) is 4.57 Å². The van der Waals surface area contributed by atoms with Crippen LogP contribution in [0.1, 0.15) is 43.0 Å². The summed E-state index contributed by atoms with van der Waals surface area (Å²) in [6, 6.07) is 16.8. The SMILES string of the molecule is Cc1cc(C)c(C)c(-n2c(=O)c3c4cc(C)c5ccc6ccc7c(OC(C)(C)C)cc(c3c2=O)c2c7c6c5c42)c1. The van der Waals surface area contributed by atoms with Gasteiger partial charge in [0.15, 0.2) is 0 Å². The number of aryl methyl sites for hydroxylation is 3. The van der Waals surface area contributed by atoms with Crippen molar-refractivity contribution in [2.45, 2.75) is 54.1 Å². The van der Waals surface area contributed by atoms with Gasteiger partial charge in [-0.05, 0) is 133 Å². The van der Waals surface area contributed by atoms with Crippen LogP contribution in [0.2, 0.25) is 0 Å². The highest BCUT2D eigenvalue weighted by Gasteiger charge is 2.30. The Labute approximate surface area is 230 Å². The quantitative estimate of drug-likeness (QED) is 0.214. The van der Waals surface area contributed by atoms with E-state index in [0.717, 1.165) is 65.7 Å². The Balaban J connectivity index is 1.71. The molecule has 0 N–H and O–H groups in total. The van der Waals surface area contributed by atoms with Crippen molar-refractivity contribution in [1.29, 1.82) is 0 Å². The van der Waals surface area contributed by atoms with Crippen LogP contribution in [0.15, 0.2) is 58.1 Å². The van der Waals surface area contributed by atoms with Crippen molar-refractivity contribution in [3.8, 4) is 11.4 Å². The van der Waals surface area contributed by atoms with Crippen LogP contribution in [-0.2, 0) is 0 Å². The third-order valence-electron chi connectivity index (χ3n) is 8.87. The average Bonchev–Trinajstić information content (AvgIpc) is 3.37. The normalized spacial score (nSPS) is 13.1. The summed E-state index contributed by atoms with van der Waals surface area (Å²) < 4.78 is 7.95. The molecule has 0 saturated heterocycles. The van der Waals surface area contributed by atoms with Crippen molar-refractivity contribution in [3.63, 3.8) is 0 Å². The van der Waals surface area contributed by atoms with Crippen molar-refractivity contribution >= 4 is 64.6 Å². The van der Waals surface area contributed by atoms with Crippen molar-refractivity contribution in [2.75, 3.05) is 0 Å². The van der Waals surface area contributed by atoms with Crippen molar-refractivity contribution in [2.24, 2.45) is 0 Å². The van der Waals surface area contributed by atoms with E-state index in [-0.39, 0.29) is 11.1 Å². The molecular formula is C36H29NO3. The molecule has 0 aliphatic rings. The van der Waals surface area contributed by atoms with E-state index in [4.69, 9.17) is 4.74 Å². The molecule has 7 aromatic carbocycles. The first-order valence-electron chi connectivity index (χ1n) is 13.9. The van der Waals surface area contributed by atoms with Crippen LogP contribution in [-0.4, -0.2) is 10.2 Å². The molecule has 4 nitrogen and oxygen atoms in total. The minimum atomic E-state index is -0.436. The zero-order chi connectivity index (χ0) is 28.0. The summed E-state index contributed by atoms with van der Waals surface area (Å²) in [5, 5.41) is 11.6. The highest BCUT2D eigenvalue weighted by atomic mass is 16.5. The lowest BCUT2D eigenvalue weighted by Crippen LogP contribution is -2.24. The maximum atomic E-state index is 14.5. The Morgan fingerprint density at radius 1 is 0.600 bits per heavy atom. The number of rotatable bonds is 2. The molecule has 196 valence electrons. The number of ether oxygens (including phenoxy) is 1.